The van der Waals surface area contributed by atoms with Gasteiger partial charge in [0.25, 0.3) is 0 Å². The summed E-state index contributed by atoms with van der Waals surface area (Å²) in [5.74, 6) is 0. The number of hydrogen-bond donors (Lipinski definition) is 2. The molecule has 1 aromatic rings. The first-order chi connectivity index (χ1) is 9.04. The Morgan fingerprint density at radius 1 is 1.26 bits per heavy atom. The Morgan fingerprint density at radius 2 is 2.05 bits per heavy atom. The molecule has 3 rings (SSSR count). The minimum absolute atomic E-state index is 0.435. The number of rotatable bonds is 4. The number of hydrogen-bond acceptors (Lipinski definition) is 3. The maximum absolute atomic E-state index is 12.5. The van der Waals surface area contributed by atoms with Crippen LogP contribution in [-0.4, -0.2) is 40.3 Å². The lowest BCUT2D eigenvalue weighted by atomic mass is 10.2. The molecule has 0 amide bonds. The van der Waals surface area contributed by atoms with E-state index >= 15 is 0 Å². The van der Waals surface area contributed by atoms with Gasteiger partial charge in [0.15, 0.2) is 5.69 Å². The van der Waals surface area contributed by atoms with Crippen molar-refractivity contribution in [3.63, 3.8) is 0 Å². The van der Waals surface area contributed by atoms with Crippen molar-refractivity contribution in [1.82, 2.24) is 20.4 Å². The van der Waals surface area contributed by atoms with Crippen LogP contribution in [-0.2, 0) is 12.7 Å². The van der Waals surface area contributed by atoms with E-state index in [1.54, 1.807) is 0 Å². The van der Waals surface area contributed by atoms with Crippen LogP contribution in [0.4, 0.5) is 13.2 Å². The lowest BCUT2D eigenvalue weighted by Crippen LogP contribution is -2.38. The third-order valence-corrected chi connectivity index (χ3v) is 3.79. The predicted molar refractivity (Wildman–Crippen MR) is 63.4 cm³/mol. The smallest absolute Gasteiger partial charge is 0.315 e. The molecule has 19 heavy (non-hydrogen) atoms. The molecule has 7 heteroatoms. The average molecular weight is 274 g/mol. The Morgan fingerprint density at radius 3 is 2.58 bits per heavy atom. The van der Waals surface area contributed by atoms with E-state index in [4.69, 9.17) is 0 Å². The standard InChI is InChI=1S/C12H17F3N4/c13-12(14,15)11-5-8(17-18-11)7-19(9-1-2-9)10-3-4-16-6-10/h5,9-10,16H,1-4,6-7H2,(H,17,18). The highest BCUT2D eigenvalue weighted by molar-refractivity contribution is 5.12. The summed E-state index contributed by atoms with van der Waals surface area (Å²) in [6, 6.07) is 2.09. The van der Waals surface area contributed by atoms with Gasteiger partial charge in [-0.3, -0.25) is 10.00 Å². The summed E-state index contributed by atoms with van der Waals surface area (Å²) in [5, 5.41) is 9.17. The van der Waals surface area contributed by atoms with Gasteiger partial charge >= 0.3 is 6.18 Å². The van der Waals surface area contributed by atoms with Crippen LogP contribution in [0.2, 0.25) is 0 Å². The van der Waals surface area contributed by atoms with Crippen LogP contribution < -0.4 is 5.32 Å². The summed E-state index contributed by atoms with van der Waals surface area (Å²) in [5.41, 5.74) is -0.283. The van der Waals surface area contributed by atoms with Crippen molar-refractivity contribution in [2.75, 3.05) is 13.1 Å². The van der Waals surface area contributed by atoms with E-state index in [0.29, 0.717) is 24.3 Å². The second-order valence-electron chi connectivity index (χ2n) is 5.33. The molecular weight excluding hydrogens is 257 g/mol. The molecular formula is C12H17F3N4. The molecule has 2 aliphatic rings. The Kier molecular flexibility index (Phi) is 3.26. The van der Waals surface area contributed by atoms with Gasteiger partial charge in [-0.2, -0.15) is 18.3 Å². The van der Waals surface area contributed by atoms with Crippen LogP contribution in [0.1, 0.15) is 30.7 Å². The average Bonchev–Trinajstić information content (AvgIpc) is 2.87. The molecule has 1 atom stereocenters. The van der Waals surface area contributed by atoms with E-state index in [1.807, 2.05) is 0 Å². The molecule has 4 nitrogen and oxygen atoms in total. The second-order valence-corrected chi connectivity index (χ2v) is 5.33. The van der Waals surface area contributed by atoms with Gasteiger partial charge in [-0.05, 0) is 31.9 Å². The molecule has 2 heterocycles. The topological polar surface area (TPSA) is 44.0 Å². The first-order valence-corrected chi connectivity index (χ1v) is 6.62. The molecule has 0 spiro atoms. The van der Waals surface area contributed by atoms with Crippen LogP contribution in [0.3, 0.4) is 0 Å². The van der Waals surface area contributed by atoms with E-state index in [2.05, 4.69) is 20.4 Å². The van der Waals surface area contributed by atoms with E-state index in [-0.39, 0.29) is 0 Å². The third-order valence-electron chi connectivity index (χ3n) is 3.79. The van der Waals surface area contributed by atoms with Crippen molar-refractivity contribution in [2.24, 2.45) is 0 Å². The molecule has 1 aliphatic heterocycles. The number of nitrogens with one attached hydrogen (secondary N) is 2. The van der Waals surface area contributed by atoms with Gasteiger partial charge in [0.1, 0.15) is 0 Å². The monoisotopic (exact) mass is 274 g/mol. The van der Waals surface area contributed by atoms with Gasteiger partial charge in [0, 0.05) is 30.9 Å². The van der Waals surface area contributed by atoms with Crippen LogP contribution in [0.5, 0.6) is 0 Å². The molecule has 0 aromatic carbocycles. The summed E-state index contributed by atoms with van der Waals surface area (Å²) in [6.07, 6.45) is -1.00. The fraction of sp³-hybridized carbons (Fsp3) is 0.750. The number of alkyl halides is 3. The fourth-order valence-electron chi connectivity index (χ4n) is 2.67. The van der Waals surface area contributed by atoms with Gasteiger partial charge < -0.3 is 5.32 Å². The first-order valence-electron chi connectivity index (χ1n) is 6.62. The summed E-state index contributed by atoms with van der Waals surface area (Å²) in [4.78, 5) is 2.31. The number of nitrogens with zero attached hydrogens (tertiary/aromatic N) is 2. The van der Waals surface area contributed by atoms with Crippen LogP contribution >= 0.6 is 0 Å². The Hall–Kier alpha value is -1.08. The van der Waals surface area contributed by atoms with Crippen molar-refractivity contribution in [3.05, 3.63) is 17.5 Å². The Balaban J connectivity index is 1.69. The van der Waals surface area contributed by atoms with Crippen molar-refractivity contribution in [1.29, 1.82) is 0 Å². The molecule has 2 fully saturated rings. The molecule has 0 radical (unpaired) electrons. The van der Waals surface area contributed by atoms with Gasteiger partial charge in [-0.1, -0.05) is 0 Å². The Bertz CT molecular complexity index is 432. The quantitative estimate of drug-likeness (QED) is 0.879. The normalized spacial score (nSPS) is 24.3. The van der Waals surface area contributed by atoms with Crippen LogP contribution in [0.15, 0.2) is 6.07 Å². The first kappa shape index (κ1) is 12.9. The second kappa shape index (κ2) is 4.79. The van der Waals surface area contributed by atoms with Crippen LogP contribution in [0, 0.1) is 0 Å². The van der Waals surface area contributed by atoms with E-state index in [9.17, 15) is 13.2 Å². The van der Waals surface area contributed by atoms with Gasteiger partial charge in [0.05, 0.1) is 0 Å². The minimum atomic E-state index is -4.37. The summed E-state index contributed by atoms with van der Waals surface area (Å²) in [6.45, 7) is 2.45. The molecule has 1 aromatic heterocycles. The number of aromatic amines is 1. The fourth-order valence-corrected chi connectivity index (χ4v) is 2.67. The number of H-pyrrole nitrogens is 1. The summed E-state index contributed by atoms with van der Waals surface area (Å²) >= 11 is 0. The van der Waals surface area contributed by atoms with E-state index < -0.39 is 11.9 Å². The van der Waals surface area contributed by atoms with Gasteiger partial charge in [-0.25, -0.2) is 0 Å². The maximum Gasteiger partial charge on any atom is 0.435 e. The molecule has 1 saturated carbocycles. The lowest BCUT2D eigenvalue weighted by molar-refractivity contribution is -0.141. The van der Waals surface area contributed by atoms with Crippen molar-refractivity contribution >= 4 is 0 Å². The highest BCUT2D eigenvalue weighted by Gasteiger charge is 2.37. The molecule has 1 unspecified atom stereocenters. The molecule has 2 N–H and O–H groups in total. The largest absolute Gasteiger partial charge is 0.435 e. The van der Waals surface area contributed by atoms with Crippen molar-refractivity contribution in [2.45, 2.75) is 44.1 Å². The van der Waals surface area contributed by atoms with E-state index in [1.165, 1.54) is 0 Å². The van der Waals surface area contributed by atoms with Gasteiger partial charge in [-0.15, -0.1) is 0 Å². The molecule has 1 saturated heterocycles. The minimum Gasteiger partial charge on any atom is -0.315 e. The zero-order valence-electron chi connectivity index (χ0n) is 10.5. The predicted octanol–water partition coefficient (Wildman–Crippen LogP) is 1.75. The van der Waals surface area contributed by atoms with E-state index in [0.717, 1.165) is 38.4 Å². The van der Waals surface area contributed by atoms with Crippen molar-refractivity contribution in [3.8, 4) is 0 Å². The zero-order chi connectivity index (χ0) is 13.5. The summed E-state index contributed by atoms with van der Waals surface area (Å²) < 4.78 is 37.5. The third kappa shape index (κ3) is 2.92. The molecule has 106 valence electrons. The van der Waals surface area contributed by atoms with Crippen LogP contribution in [0.25, 0.3) is 0 Å². The molecule has 1 aliphatic carbocycles. The Labute approximate surface area is 109 Å². The van der Waals surface area contributed by atoms with Gasteiger partial charge in [0.2, 0.25) is 0 Å². The molecule has 0 bridgehead atoms. The highest BCUT2D eigenvalue weighted by atomic mass is 19.4. The summed E-state index contributed by atoms with van der Waals surface area (Å²) in [7, 11) is 0. The SMILES string of the molecule is FC(F)(F)c1cc(CN(C2CC2)C2CCNC2)[nH]n1. The maximum atomic E-state index is 12.5. The zero-order valence-corrected chi connectivity index (χ0v) is 10.5. The number of aromatic nitrogens is 2. The number of halogens is 3. The lowest BCUT2D eigenvalue weighted by Gasteiger charge is -2.27. The van der Waals surface area contributed by atoms with Crippen molar-refractivity contribution < 1.29 is 13.2 Å². The highest BCUT2D eigenvalue weighted by Crippen LogP contribution is 2.32.